The van der Waals surface area contributed by atoms with Crippen molar-refractivity contribution in [2.45, 2.75) is 6.92 Å². The molecule has 2 aromatic carbocycles. The van der Waals surface area contributed by atoms with E-state index in [2.05, 4.69) is 10.6 Å². The first-order valence-corrected chi connectivity index (χ1v) is 7.29. The van der Waals surface area contributed by atoms with E-state index in [1.807, 2.05) is 6.07 Å². The first kappa shape index (κ1) is 17.3. The van der Waals surface area contributed by atoms with Crippen LogP contribution in [-0.2, 0) is 4.79 Å². The van der Waals surface area contributed by atoms with Crippen LogP contribution in [0.3, 0.4) is 0 Å². The third-order valence-corrected chi connectivity index (χ3v) is 3.43. The van der Waals surface area contributed by atoms with E-state index >= 15 is 0 Å². The van der Waals surface area contributed by atoms with Crippen LogP contribution in [0.2, 0.25) is 5.02 Å². The van der Waals surface area contributed by atoms with E-state index in [0.717, 1.165) is 0 Å². The molecule has 0 unspecified atom stereocenters. The monoisotopic (exact) mass is 343 g/mol. The number of nitrogens with zero attached hydrogens (tertiary/aromatic N) is 1. The number of nitriles is 1. The summed E-state index contributed by atoms with van der Waals surface area (Å²) in [5.74, 6) is -0.434. The maximum absolute atomic E-state index is 12.4. The lowest BCUT2D eigenvalue weighted by molar-refractivity contribution is -0.114. The Morgan fingerprint density at radius 3 is 2.38 bits per heavy atom. The summed E-state index contributed by atoms with van der Waals surface area (Å²) in [7, 11) is 1.42. The van der Waals surface area contributed by atoms with Gasteiger partial charge in [0.05, 0.1) is 35.0 Å². The van der Waals surface area contributed by atoms with Crippen molar-refractivity contribution in [2.75, 3.05) is 17.7 Å². The average molecular weight is 344 g/mol. The van der Waals surface area contributed by atoms with Gasteiger partial charge in [0.15, 0.2) is 0 Å². The molecule has 0 aliphatic carbocycles. The average Bonchev–Trinajstić information content (AvgIpc) is 2.56. The SMILES string of the molecule is COc1cc(NC(C)=O)c(Cl)cc1C(=O)Nc1ccc(C#N)cc1. The first-order valence-electron chi connectivity index (χ1n) is 6.91. The van der Waals surface area contributed by atoms with Gasteiger partial charge in [-0.25, -0.2) is 0 Å². The number of hydrogen-bond acceptors (Lipinski definition) is 4. The third kappa shape index (κ3) is 4.03. The molecule has 2 rings (SSSR count). The second-order valence-electron chi connectivity index (χ2n) is 4.86. The molecule has 0 aromatic heterocycles. The van der Waals surface area contributed by atoms with Crippen molar-refractivity contribution < 1.29 is 14.3 Å². The molecule has 6 nitrogen and oxygen atoms in total. The minimum Gasteiger partial charge on any atom is -0.496 e. The molecule has 0 spiro atoms. The van der Waals surface area contributed by atoms with Gasteiger partial charge in [-0.05, 0) is 30.3 Å². The van der Waals surface area contributed by atoms with Crippen molar-refractivity contribution in [3.63, 3.8) is 0 Å². The fraction of sp³-hybridized carbons (Fsp3) is 0.118. The molecule has 0 bridgehead atoms. The Morgan fingerprint density at radius 2 is 1.83 bits per heavy atom. The molecule has 24 heavy (non-hydrogen) atoms. The van der Waals surface area contributed by atoms with E-state index < -0.39 is 5.91 Å². The zero-order valence-corrected chi connectivity index (χ0v) is 13.8. The summed E-state index contributed by atoms with van der Waals surface area (Å²) >= 11 is 6.10. The number of carbonyl (C=O) groups excluding carboxylic acids is 2. The number of rotatable bonds is 4. The number of benzene rings is 2. The van der Waals surface area contributed by atoms with Gasteiger partial charge in [0.25, 0.3) is 5.91 Å². The van der Waals surface area contributed by atoms with Crippen LogP contribution < -0.4 is 15.4 Å². The molecular weight excluding hydrogens is 330 g/mol. The van der Waals surface area contributed by atoms with Gasteiger partial charge in [0.1, 0.15) is 5.75 Å². The number of halogens is 1. The summed E-state index contributed by atoms with van der Waals surface area (Å²) < 4.78 is 5.20. The second kappa shape index (κ2) is 7.49. The number of ether oxygens (including phenoxy) is 1. The molecule has 2 N–H and O–H groups in total. The van der Waals surface area contributed by atoms with Gasteiger partial charge in [-0.1, -0.05) is 11.6 Å². The Kier molecular flexibility index (Phi) is 5.40. The van der Waals surface area contributed by atoms with Crippen molar-refractivity contribution in [1.82, 2.24) is 0 Å². The Balaban J connectivity index is 2.29. The Bertz CT molecular complexity index is 826. The highest BCUT2D eigenvalue weighted by atomic mass is 35.5. The maximum atomic E-state index is 12.4. The zero-order valence-electron chi connectivity index (χ0n) is 13.0. The summed E-state index contributed by atoms with van der Waals surface area (Å²) in [6, 6.07) is 11.3. The van der Waals surface area contributed by atoms with Crippen LogP contribution in [0, 0.1) is 11.3 Å². The van der Waals surface area contributed by atoms with E-state index in [1.54, 1.807) is 24.3 Å². The highest BCUT2D eigenvalue weighted by Gasteiger charge is 2.16. The summed E-state index contributed by atoms with van der Waals surface area (Å²) in [5, 5.41) is 14.3. The topological polar surface area (TPSA) is 91.2 Å². The van der Waals surface area contributed by atoms with E-state index in [9.17, 15) is 9.59 Å². The normalized spacial score (nSPS) is 9.75. The highest BCUT2D eigenvalue weighted by Crippen LogP contribution is 2.31. The number of carbonyl (C=O) groups is 2. The van der Waals surface area contributed by atoms with Crippen LogP contribution in [0.1, 0.15) is 22.8 Å². The third-order valence-electron chi connectivity index (χ3n) is 3.12. The molecule has 0 fully saturated rings. The fourth-order valence-corrected chi connectivity index (χ4v) is 2.22. The standard InChI is InChI=1S/C17H14ClN3O3/c1-10(22)20-15-8-16(24-2)13(7-14(15)18)17(23)21-12-5-3-11(9-19)4-6-12/h3-8H,1-2H3,(H,20,22)(H,21,23). The van der Waals surface area contributed by atoms with Gasteiger partial charge in [0, 0.05) is 18.7 Å². The van der Waals surface area contributed by atoms with Crippen LogP contribution in [0.4, 0.5) is 11.4 Å². The molecular formula is C17H14ClN3O3. The Morgan fingerprint density at radius 1 is 1.17 bits per heavy atom. The van der Waals surface area contributed by atoms with E-state index in [4.69, 9.17) is 21.6 Å². The van der Waals surface area contributed by atoms with Crippen LogP contribution >= 0.6 is 11.6 Å². The predicted molar refractivity (Wildman–Crippen MR) is 91.4 cm³/mol. The number of amides is 2. The lowest BCUT2D eigenvalue weighted by atomic mass is 10.1. The lowest BCUT2D eigenvalue weighted by Crippen LogP contribution is -2.14. The first-order chi connectivity index (χ1) is 11.4. The van der Waals surface area contributed by atoms with Gasteiger partial charge < -0.3 is 15.4 Å². The molecule has 0 heterocycles. The Labute approximate surface area is 144 Å². The number of methoxy groups -OCH3 is 1. The van der Waals surface area contributed by atoms with Crippen molar-refractivity contribution in [3.8, 4) is 11.8 Å². The Hall–Kier alpha value is -3.04. The van der Waals surface area contributed by atoms with Gasteiger partial charge in [-0.15, -0.1) is 0 Å². The fourth-order valence-electron chi connectivity index (χ4n) is 2.01. The second-order valence-corrected chi connectivity index (χ2v) is 5.26. The number of hydrogen-bond donors (Lipinski definition) is 2. The van der Waals surface area contributed by atoms with Gasteiger partial charge in [-0.2, -0.15) is 5.26 Å². The largest absolute Gasteiger partial charge is 0.496 e. The van der Waals surface area contributed by atoms with Gasteiger partial charge in [-0.3, -0.25) is 9.59 Å². The molecule has 0 aliphatic rings. The summed E-state index contributed by atoms with van der Waals surface area (Å²) in [6.07, 6.45) is 0. The van der Waals surface area contributed by atoms with Crippen LogP contribution in [0.25, 0.3) is 0 Å². The minimum atomic E-state index is -0.423. The molecule has 0 aliphatic heterocycles. The molecule has 2 amide bonds. The summed E-state index contributed by atoms with van der Waals surface area (Å²) in [5.41, 5.74) is 1.60. The van der Waals surface area contributed by atoms with E-state index in [1.165, 1.54) is 26.2 Å². The van der Waals surface area contributed by atoms with Crippen molar-refractivity contribution >= 4 is 34.8 Å². The maximum Gasteiger partial charge on any atom is 0.259 e. The van der Waals surface area contributed by atoms with Crippen LogP contribution in [-0.4, -0.2) is 18.9 Å². The molecule has 0 atom stereocenters. The molecule has 7 heteroatoms. The lowest BCUT2D eigenvalue weighted by Gasteiger charge is -2.13. The quantitative estimate of drug-likeness (QED) is 0.889. The number of anilines is 2. The van der Waals surface area contributed by atoms with Crippen molar-refractivity contribution in [2.24, 2.45) is 0 Å². The van der Waals surface area contributed by atoms with Crippen molar-refractivity contribution in [1.29, 1.82) is 5.26 Å². The number of nitrogens with one attached hydrogen (secondary N) is 2. The van der Waals surface area contributed by atoms with E-state index in [0.29, 0.717) is 16.9 Å². The summed E-state index contributed by atoms with van der Waals surface area (Å²) in [6.45, 7) is 1.36. The molecule has 122 valence electrons. The zero-order chi connectivity index (χ0) is 17.7. The molecule has 0 radical (unpaired) electrons. The summed E-state index contributed by atoms with van der Waals surface area (Å²) in [4.78, 5) is 23.6. The minimum absolute atomic E-state index is 0.218. The van der Waals surface area contributed by atoms with E-state index in [-0.39, 0.29) is 22.2 Å². The smallest absolute Gasteiger partial charge is 0.259 e. The van der Waals surface area contributed by atoms with Gasteiger partial charge >= 0.3 is 0 Å². The molecule has 0 saturated carbocycles. The van der Waals surface area contributed by atoms with Crippen molar-refractivity contribution in [3.05, 3.63) is 52.5 Å². The molecule has 0 saturated heterocycles. The highest BCUT2D eigenvalue weighted by molar-refractivity contribution is 6.34. The predicted octanol–water partition coefficient (Wildman–Crippen LogP) is 3.43. The van der Waals surface area contributed by atoms with Gasteiger partial charge in [0.2, 0.25) is 5.91 Å². The molecule has 2 aromatic rings. The van der Waals surface area contributed by atoms with Crippen LogP contribution in [0.5, 0.6) is 5.75 Å². The van der Waals surface area contributed by atoms with Crippen LogP contribution in [0.15, 0.2) is 36.4 Å².